The van der Waals surface area contributed by atoms with Gasteiger partial charge in [0, 0.05) is 12.8 Å². The fraction of sp³-hybridized carbons (Fsp3) is 0.667. The van der Waals surface area contributed by atoms with Crippen molar-refractivity contribution in [2.24, 2.45) is 11.7 Å². The second-order valence-electron chi connectivity index (χ2n) is 5.68. The van der Waals surface area contributed by atoms with Gasteiger partial charge in [0.2, 0.25) is 0 Å². The molecule has 0 aliphatic carbocycles. The van der Waals surface area contributed by atoms with Crippen molar-refractivity contribution in [3.05, 3.63) is 30.1 Å². The van der Waals surface area contributed by atoms with Gasteiger partial charge in [-0.2, -0.15) is 11.8 Å². The van der Waals surface area contributed by atoms with Crippen LogP contribution >= 0.6 is 11.8 Å². The second kappa shape index (κ2) is 5.81. The smallest absolute Gasteiger partial charge is 0.0701 e. The lowest BCUT2D eigenvalue weighted by atomic mass is 9.78. The van der Waals surface area contributed by atoms with E-state index in [0.717, 1.165) is 25.1 Å². The van der Waals surface area contributed by atoms with Crippen molar-refractivity contribution in [3.63, 3.8) is 0 Å². The van der Waals surface area contributed by atoms with Crippen LogP contribution in [-0.2, 0) is 4.74 Å². The Morgan fingerprint density at radius 3 is 2.95 bits per heavy atom. The van der Waals surface area contributed by atoms with Crippen molar-refractivity contribution in [3.8, 4) is 0 Å². The first-order valence-corrected chi connectivity index (χ1v) is 8.33. The van der Waals surface area contributed by atoms with Crippen LogP contribution in [0.1, 0.15) is 37.4 Å². The number of hydrogen-bond donors (Lipinski definition) is 1. The minimum absolute atomic E-state index is 0.0524. The van der Waals surface area contributed by atoms with E-state index in [1.54, 1.807) is 0 Å². The SMILES string of the molecule is NC(c1ccccn1)C1CCOC2(CCSCC2)C1. The summed E-state index contributed by atoms with van der Waals surface area (Å²) in [6, 6.07) is 6.06. The summed E-state index contributed by atoms with van der Waals surface area (Å²) in [4.78, 5) is 4.42. The molecular formula is C15H22N2OS. The summed E-state index contributed by atoms with van der Waals surface area (Å²) in [5.41, 5.74) is 7.57. The number of thioether (sulfide) groups is 1. The largest absolute Gasteiger partial charge is 0.375 e. The average Bonchev–Trinajstić information content (AvgIpc) is 2.48. The van der Waals surface area contributed by atoms with Crippen molar-refractivity contribution in [2.75, 3.05) is 18.1 Å². The molecule has 2 aliphatic heterocycles. The van der Waals surface area contributed by atoms with E-state index in [9.17, 15) is 0 Å². The Labute approximate surface area is 119 Å². The first kappa shape index (κ1) is 13.4. The molecule has 2 saturated heterocycles. The van der Waals surface area contributed by atoms with Gasteiger partial charge in [0.05, 0.1) is 17.3 Å². The molecule has 0 amide bonds. The number of nitrogens with zero attached hydrogens (tertiary/aromatic N) is 1. The van der Waals surface area contributed by atoms with E-state index in [1.165, 1.54) is 24.3 Å². The van der Waals surface area contributed by atoms with Crippen LogP contribution in [0.3, 0.4) is 0 Å². The van der Waals surface area contributed by atoms with Gasteiger partial charge in [0.1, 0.15) is 0 Å². The molecule has 19 heavy (non-hydrogen) atoms. The van der Waals surface area contributed by atoms with Crippen molar-refractivity contribution >= 4 is 11.8 Å². The van der Waals surface area contributed by atoms with Crippen LogP contribution in [-0.4, -0.2) is 28.7 Å². The Balaban J connectivity index is 1.71. The highest BCUT2D eigenvalue weighted by atomic mass is 32.2. The molecule has 0 saturated carbocycles. The molecule has 0 aromatic carbocycles. The second-order valence-corrected chi connectivity index (χ2v) is 6.90. The van der Waals surface area contributed by atoms with Crippen LogP contribution in [0.25, 0.3) is 0 Å². The van der Waals surface area contributed by atoms with Gasteiger partial charge in [-0.1, -0.05) is 6.07 Å². The van der Waals surface area contributed by atoms with E-state index in [0.29, 0.717) is 5.92 Å². The Bertz CT molecular complexity index is 400. The van der Waals surface area contributed by atoms with Gasteiger partial charge in [-0.3, -0.25) is 4.98 Å². The van der Waals surface area contributed by atoms with Crippen molar-refractivity contribution in [1.82, 2.24) is 4.98 Å². The normalized spacial score (nSPS) is 28.2. The van der Waals surface area contributed by atoms with Gasteiger partial charge in [0.15, 0.2) is 0 Å². The van der Waals surface area contributed by atoms with Crippen LogP contribution in [0, 0.1) is 5.92 Å². The number of pyridine rings is 1. The Hall–Kier alpha value is -0.580. The first-order valence-electron chi connectivity index (χ1n) is 7.17. The summed E-state index contributed by atoms with van der Waals surface area (Å²) in [5, 5.41) is 0. The van der Waals surface area contributed by atoms with Gasteiger partial charge in [-0.15, -0.1) is 0 Å². The third kappa shape index (κ3) is 2.96. The van der Waals surface area contributed by atoms with E-state index >= 15 is 0 Å². The zero-order valence-corrected chi connectivity index (χ0v) is 12.1. The van der Waals surface area contributed by atoms with Gasteiger partial charge < -0.3 is 10.5 Å². The summed E-state index contributed by atoms with van der Waals surface area (Å²) >= 11 is 2.04. The fourth-order valence-electron chi connectivity index (χ4n) is 3.28. The van der Waals surface area contributed by atoms with Crippen LogP contribution in [0.2, 0.25) is 0 Å². The number of ether oxygens (including phenoxy) is 1. The maximum Gasteiger partial charge on any atom is 0.0701 e. The molecule has 2 atom stereocenters. The third-order valence-corrected chi connectivity index (χ3v) is 5.46. The van der Waals surface area contributed by atoms with Crippen LogP contribution in [0.4, 0.5) is 0 Å². The summed E-state index contributed by atoms with van der Waals surface area (Å²) in [7, 11) is 0. The number of aromatic nitrogens is 1. The highest BCUT2D eigenvalue weighted by Crippen LogP contribution is 2.42. The Kier molecular flexibility index (Phi) is 4.10. The van der Waals surface area contributed by atoms with Crippen molar-refractivity contribution in [1.29, 1.82) is 0 Å². The minimum atomic E-state index is 0.0524. The molecule has 3 heterocycles. The molecule has 4 heteroatoms. The van der Waals surface area contributed by atoms with Crippen LogP contribution < -0.4 is 5.73 Å². The molecule has 2 fully saturated rings. The molecule has 3 nitrogen and oxygen atoms in total. The molecule has 2 N–H and O–H groups in total. The fourth-order valence-corrected chi connectivity index (χ4v) is 4.52. The lowest BCUT2D eigenvalue weighted by Crippen LogP contribution is -2.45. The predicted molar refractivity (Wildman–Crippen MR) is 79.1 cm³/mol. The zero-order valence-electron chi connectivity index (χ0n) is 11.3. The highest BCUT2D eigenvalue weighted by molar-refractivity contribution is 7.99. The number of hydrogen-bond acceptors (Lipinski definition) is 4. The third-order valence-electron chi connectivity index (χ3n) is 4.47. The van der Waals surface area contributed by atoms with E-state index in [4.69, 9.17) is 10.5 Å². The summed E-state index contributed by atoms with van der Waals surface area (Å²) < 4.78 is 6.13. The van der Waals surface area contributed by atoms with Gasteiger partial charge in [-0.05, 0) is 55.2 Å². The predicted octanol–water partition coefficient (Wildman–Crippen LogP) is 2.77. The Morgan fingerprint density at radius 2 is 2.21 bits per heavy atom. The van der Waals surface area contributed by atoms with Gasteiger partial charge >= 0.3 is 0 Å². The molecule has 0 bridgehead atoms. The maximum atomic E-state index is 6.44. The molecular weight excluding hydrogens is 256 g/mol. The molecule has 104 valence electrons. The number of nitrogens with two attached hydrogens (primary N) is 1. The Morgan fingerprint density at radius 1 is 1.37 bits per heavy atom. The standard InChI is InChI=1S/C15H22N2OS/c16-14(13-3-1-2-7-17-13)12-4-8-18-15(11-12)5-9-19-10-6-15/h1-3,7,12,14H,4-6,8-11,16H2. The topological polar surface area (TPSA) is 48.1 Å². The lowest BCUT2D eigenvalue weighted by Gasteiger charge is -2.44. The van der Waals surface area contributed by atoms with Crippen LogP contribution in [0.15, 0.2) is 24.4 Å². The van der Waals surface area contributed by atoms with Crippen molar-refractivity contribution in [2.45, 2.75) is 37.3 Å². The van der Waals surface area contributed by atoms with Crippen LogP contribution in [0.5, 0.6) is 0 Å². The molecule has 2 unspecified atom stereocenters. The first-order chi connectivity index (χ1) is 9.29. The molecule has 1 aromatic heterocycles. The molecule has 1 spiro atoms. The lowest BCUT2D eigenvalue weighted by molar-refractivity contribution is -0.106. The summed E-state index contributed by atoms with van der Waals surface area (Å²) in [5.74, 6) is 2.96. The van der Waals surface area contributed by atoms with E-state index in [2.05, 4.69) is 4.98 Å². The van der Waals surface area contributed by atoms with E-state index in [1.807, 2.05) is 36.2 Å². The van der Waals surface area contributed by atoms with Gasteiger partial charge in [-0.25, -0.2) is 0 Å². The quantitative estimate of drug-likeness (QED) is 0.903. The van der Waals surface area contributed by atoms with Crippen molar-refractivity contribution < 1.29 is 4.74 Å². The number of rotatable bonds is 2. The molecule has 1 aromatic rings. The molecule has 3 rings (SSSR count). The summed E-state index contributed by atoms with van der Waals surface area (Å²) in [6.07, 6.45) is 6.37. The van der Waals surface area contributed by atoms with E-state index in [-0.39, 0.29) is 11.6 Å². The minimum Gasteiger partial charge on any atom is -0.375 e. The molecule has 0 radical (unpaired) electrons. The van der Waals surface area contributed by atoms with E-state index < -0.39 is 0 Å². The molecule has 2 aliphatic rings. The zero-order chi connectivity index (χ0) is 13.1. The highest BCUT2D eigenvalue weighted by Gasteiger charge is 2.40. The average molecular weight is 278 g/mol. The summed E-state index contributed by atoms with van der Waals surface area (Å²) in [6.45, 7) is 0.857. The monoisotopic (exact) mass is 278 g/mol. The maximum absolute atomic E-state index is 6.44. The van der Waals surface area contributed by atoms with Gasteiger partial charge in [0.25, 0.3) is 0 Å².